The molecular formula is C57H46N6O10. The summed E-state index contributed by atoms with van der Waals surface area (Å²) in [4.78, 5) is 147. The van der Waals surface area contributed by atoms with Crippen molar-refractivity contribution in [3.05, 3.63) is 165 Å². The lowest BCUT2D eigenvalue weighted by atomic mass is 9.86. The molecule has 0 unspecified atom stereocenters. The van der Waals surface area contributed by atoms with Gasteiger partial charge >= 0.3 is 0 Å². The molecule has 12 rings (SSSR count). The Morgan fingerprint density at radius 2 is 0.849 bits per heavy atom. The molecule has 16 heteroatoms. The van der Waals surface area contributed by atoms with Gasteiger partial charge < -0.3 is 4.90 Å². The third-order valence-electron chi connectivity index (χ3n) is 15.3. The van der Waals surface area contributed by atoms with Crippen molar-refractivity contribution in [2.24, 2.45) is 0 Å². The van der Waals surface area contributed by atoms with Gasteiger partial charge in [0.05, 0.1) is 44.0 Å². The highest BCUT2D eigenvalue weighted by molar-refractivity contribution is 6.41. The van der Waals surface area contributed by atoms with Gasteiger partial charge in [-0.2, -0.15) is 9.69 Å². The zero-order valence-corrected chi connectivity index (χ0v) is 40.3. The Labute approximate surface area is 414 Å². The lowest BCUT2D eigenvalue weighted by Gasteiger charge is -2.34. The summed E-state index contributed by atoms with van der Waals surface area (Å²) in [5.74, 6) is -4.68. The zero-order chi connectivity index (χ0) is 50.9. The SMILES string of the molecule is CCCCCCCCn1c(=O)c2cc3c(=O)n(N4C(=O)c5ccc6c7c(ccc(c57)C4=O)C(=O)N(c4cc(C)c(N5C(=O)c7cccc8c(N9CCCCC9)ccc(c78)C5=O)cc4C)C6=O)c(=O)c3cc2c1=O. The molecule has 8 aromatic rings. The summed E-state index contributed by atoms with van der Waals surface area (Å²) in [5, 5.41) is 1.27. The van der Waals surface area contributed by atoms with Crippen molar-refractivity contribution in [3.8, 4) is 0 Å². The number of benzene rings is 6. The molecule has 1 fully saturated rings. The maximum absolute atomic E-state index is 14.6. The van der Waals surface area contributed by atoms with Crippen LogP contribution < -0.4 is 41.9 Å². The Balaban J connectivity index is 0.863. The summed E-state index contributed by atoms with van der Waals surface area (Å²) in [6, 6.07) is 20.0. The second-order valence-corrected chi connectivity index (χ2v) is 19.6. The van der Waals surface area contributed by atoms with E-state index in [1.54, 1.807) is 38.1 Å². The Morgan fingerprint density at radius 3 is 1.37 bits per heavy atom. The van der Waals surface area contributed by atoms with E-state index in [0.717, 1.165) is 89.9 Å². The van der Waals surface area contributed by atoms with Crippen LogP contribution >= 0.6 is 0 Å². The molecule has 6 aromatic carbocycles. The number of hydrogen-bond acceptors (Lipinski definition) is 11. The lowest BCUT2D eigenvalue weighted by molar-refractivity contribution is 0.0840. The first-order valence-corrected chi connectivity index (χ1v) is 24.8. The van der Waals surface area contributed by atoms with E-state index in [2.05, 4.69) is 11.8 Å². The number of piperidine rings is 1. The number of aromatic nitrogens is 2. The van der Waals surface area contributed by atoms with Crippen LogP contribution in [0.25, 0.3) is 43.1 Å². The monoisotopic (exact) mass is 974 g/mol. The summed E-state index contributed by atoms with van der Waals surface area (Å²) >= 11 is 0. The standard InChI is InChI=1S/C57H46N6O10/c1-4-5-6-7-8-12-24-59-48(64)38-27-40-41(28-39(38)49(59)65)57(73)63(56(40)72)62-54(70)36-18-16-34-46-35(17-19-37(47(36)46)55(62)71)53(69)61(52(34)68)44-26-29(2)43(25-30(44)3)60-50(66)32-15-13-14-31-42(58-22-10-9-11-23-58)21-20-33(45(31)32)51(60)67/h13-21,25-28H,4-12,22-24H2,1-3H3. The average molecular weight is 975 g/mol. The van der Waals surface area contributed by atoms with Crippen molar-refractivity contribution in [2.45, 2.75) is 85.1 Å². The van der Waals surface area contributed by atoms with Gasteiger partial charge in [0.25, 0.3) is 57.7 Å². The zero-order valence-electron chi connectivity index (χ0n) is 40.3. The molecule has 0 atom stereocenters. The van der Waals surface area contributed by atoms with E-state index in [4.69, 9.17) is 0 Å². The largest absolute Gasteiger partial charge is 0.371 e. The third kappa shape index (κ3) is 6.44. The number of carbonyl (C=O) groups excluding carboxylic acids is 6. The molecule has 0 radical (unpaired) electrons. The molecule has 2 aromatic heterocycles. The van der Waals surface area contributed by atoms with E-state index in [1.165, 1.54) is 36.4 Å². The fourth-order valence-corrected chi connectivity index (χ4v) is 11.7. The molecule has 0 aliphatic carbocycles. The maximum atomic E-state index is 14.6. The van der Waals surface area contributed by atoms with Gasteiger partial charge in [0.2, 0.25) is 0 Å². The van der Waals surface area contributed by atoms with Crippen LogP contribution in [0.4, 0.5) is 17.1 Å². The number of aryl methyl sites for hydroxylation is 2. The predicted octanol–water partition coefficient (Wildman–Crippen LogP) is 7.72. The van der Waals surface area contributed by atoms with Gasteiger partial charge in [-0.1, -0.05) is 51.2 Å². The molecule has 364 valence electrons. The molecule has 0 N–H and O–H groups in total. The lowest BCUT2D eigenvalue weighted by Crippen LogP contribution is -2.55. The van der Waals surface area contributed by atoms with Gasteiger partial charge in [-0.25, -0.2) is 9.80 Å². The maximum Gasteiger partial charge on any atom is 0.281 e. The first-order chi connectivity index (χ1) is 35.2. The normalized spacial score (nSPS) is 15.7. The summed E-state index contributed by atoms with van der Waals surface area (Å²) < 4.78 is 1.51. The van der Waals surface area contributed by atoms with E-state index < -0.39 is 57.7 Å². The van der Waals surface area contributed by atoms with Crippen LogP contribution in [0.15, 0.2) is 98.0 Å². The Kier molecular flexibility index (Phi) is 10.4. The van der Waals surface area contributed by atoms with Crippen molar-refractivity contribution in [3.63, 3.8) is 0 Å². The van der Waals surface area contributed by atoms with Gasteiger partial charge in [-0.15, -0.1) is 0 Å². The summed E-state index contributed by atoms with van der Waals surface area (Å²) in [6.07, 6.45) is 8.91. The van der Waals surface area contributed by atoms with Crippen LogP contribution in [0.3, 0.4) is 0 Å². The van der Waals surface area contributed by atoms with Crippen LogP contribution in [0.5, 0.6) is 0 Å². The van der Waals surface area contributed by atoms with Crippen molar-refractivity contribution in [1.29, 1.82) is 0 Å². The number of fused-ring (bicyclic) bond motifs is 2. The van der Waals surface area contributed by atoms with Crippen LogP contribution in [-0.2, 0) is 6.54 Å². The summed E-state index contributed by atoms with van der Waals surface area (Å²) in [6.45, 7) is 7.41. The Morgan fingerprint density at radius 1 is 0.411 bits per heavy atom. The molecule has 0 saturated carbocycles. The number of anilines is 3. The van der Waals surface area contributed by atoms with Crippen molar-refractivity contribution >= 4 is 95.6 Å². The first-order valence-electron chi connectivity index (χ1n) is 24.8. The van der Waals surface area contributed by atoms with Crippen molar-refractivity contribution < 1.29 is 28.8 Å². The van der Waals surface area contributed by atoms with E-state index >= 15 is 0 Å². The second kappa shape index (κ2) is 16.7. The predicted molar refractivity (Wildman–Crippen MR) is 277 cm³/mol. The van der Waals surface area contributed by atoms with Crippen LogP contribution in [0.2, 0.25) is 0 Å². The number of carbonyl (C=O) groups is 6. The van der Waals surface area contributed by atoms with E-state index in [9.17, 15) is 47.9 Å². The molecule has 0 spiro atoms. The van der Waals surface area contributed by atoms with E-state index in [0.29, 0.717) is 43.7 Å². The van der Waals surface area contributed by atoms with Crippen LogP contribution in [0.1, 0.15) is 138 Å². The minimum absolute atomic E-state index is 0.00416. The quantitative estimate of drug-likeness (QED) is 0.0910. The molecule has 73 heavy (non-hydrogen) atoms. The summed E-state index contributed by atoms with van der Waals surface area (Å²) in [7, 11) is 0. The summed E-state index contributed by atoms with van der Waals surface area (Å²) in [5.41, 5.74) is -0.587. The first kappa shape index (κ1) is 45.5. The minimum atomic E-state index is -1.08. The van der Waals surface area contributed by atoms with Gasteiger partial charge in [-0.3, -0.25) is 52.5 Å². The number of nitrogens with zero attached hydrogens (tertiary/aromatic N) is 6. The molecule has 6 amide bonds. The van der Waals surface area contributed by atoms with E-state index in [1.807, 2.05) is 18.2 Å². The van der Waals surface area contributed by atoms with Crippen LogP contribution in [-0.4, -0.2) is 57.8 Å². The molecule has 4 aliphatic rings. The molecule has 16 nitrogen and oxygen atoms in total. The Bertz CT molecular complexity index is 3940. The van der Waals surface area contributed by atoms with Gasteiger partial charge in [-0.05, 0) is 117 Å². The third-order valence-corrected chi connectivity index (χ3v) is 15.3. The number of unbranched alkanes of at least 4 members (excludes halogenated alkanes) is 5. The van der Waals surface area contributed by atoms with Crippen molar-refractivity contribution in [1.82, 2.24) is 9.24 Å². The number of imide groups is 3. The van der Waals surface area contributed by atoms with Crippen molar-refractivity contribution in [2.75, 3.05) is 32.8 Å². The molecule has 0 bridgehead atoms. The molecule has 1 saturated heterocycles. The van der Waals surface area contributed by atoms with Crippen LogP contribution in [0, 0.1) is 13.8 Å². The second-order valence-electron chi connectivity index (χ2n) is 19.6. The highest BCUT2D eigenvalue weighted by atomic mass is 16.2. The fourth-order valence-electron chi connectivity index (χ4n) is 11.7. The van der Waals surface area contributed by atoms with Gasteiger partial charge in [0.15, 0.2) is 0 Å². The molecule has 4 aliphatic heterocycles. The topological polar surface area (TPSA) is 194 Å². The molecule has 6 heterocycles. The van der Waals surface area contributed by atoms with Gasteiger partial charge in [0, 0.05) is 69.1 Å². The highest BCUT2D eigenvalue weighted by Gasteiger charge is 2.43. The Hall–Kier alpha value is -8.66. The highest BCUT2D eigenvalue weighted by Crippen LogP contribution is 2.43. The number of rotatable bonds is 11. The average Bonchev–Trinajstić information content (AvgIpc) is 3.77. The fraction of sp³-hybridized carbons (Fsp3) is 0.263. The van der Waals surface area contributed by atoms with Gasteiger partial charge in [0.1, 0.15) is 0 Å². The number of amides is 6. The molecular weight excluding hydrogens is 929 g/mol. The smallest absolute Gasteiger partial charge is 0.281 e. The van der Waals surface area contributed by atoms with E-state index in [-0.39, 0.29) is 72.5 Å². The number of hydrogen-bond donors (Lipinski definition) is 0. The minimum Gasteiger partial charge on any atom is -0.371 e.